The van der Waals surface area contributed by atoms with Crippen molar-refractivity contribution in [3.8, 4) is 11.8 Å². The SMILES string of the molecule is C=CC(=O)N1CCN(c2nc(OCC3CCCC3)nc3c2CCN(c2cc(O)cc4ccccc24)C3)CC1. The number of hydrogen-bond donors (Lipinski definition) is 1. The Morgan fingerprint density at radius 2 is 1.84 bits per heavy atom. The number of nitrogens with zero attached hydrogens (tertiary/aromatic N) is 5. The maximum absolute atomic E-state index is 12.1. The van der Waals surface area contributed by atoms with Crippen LogP contribution >= 0.6 is 0 Å². The molecule has 0 radical (unpaired) electrons. The lowest BCUT2D eigenvalue weighted by Crippen LogP contribution is -2.49. The molecule has 38 heavy (non-hydrogen) atoms. The van der Waals surface area contributed by atoms with E-state index >= 15 is 0 Å². The number of amides is 1. The molecule has 3 aliphatic rings. The van der Waals surface area contributed by atoms with Gasteiger partial charge < -0.3 is 24.5 Å². The van der Waals surface area contributed by atoms with Crippen molar-refractivity contribution in [2.24, 2.45) is 5.92 Å². The summed E-state index contributed by atoms with van der Waals surface area (Å²) in [6.07, 6.45) is 7.13. The number of piperazine rings is 1. The Balaban J connectivity index is 1.31. The molecule has 2 fully saturated rings. The van der Waals surface area contributed by atoms with Crippen LogP contribution in [0.2, 0.25) is 0 Å². The molecule has 0 spiro atoms. The maximum atomic E-state index is 12.1. The molecule has 2 aliphatic heterocycles. The molecule has 198 valence electrons. The van der Waals surface area contributed by atoms with Crippen molar-refractivity contribution >= 4 is 28.2 Å². The van der Waals surface area contributed by atoms with Crippen molar-refractivity contribution in [3.05, 3.63) is 60.3 Å². The minimum atomic E-state index is -0.0241. The number of rotatable bonds is 6. The molecule has 2 aromatic carbocycles. The molecule has 6 rings (SSSR count). The Labute approximate surface area is 223 Å². The normalized spacial score (nSPS) is 18.1. The van der Waals surface area contributed by atoms with Crippen LogP contribution in [0.3, 0.4) is 0 Å². The highest BCUT2D eigenvalue weighted by Gasteiger charge is 2.29. The van der Waals surface area contributed by atoms with Crippen LogP contribution in [0.25, 0.3) is 10.8 Å². The van der Waals surface area contributed by atoms with E-state index in [1.54, 1.807) is 0 Å². The fraction of sp³-hybridized carbons (Fsp3) is 0.433. The first kappa shape index (κ1) is 24.5. The predicted octanol–water partition coefficient (Wildman–Crippen LogP) is 4.30. The van der Waals surface area contributed by atoms with E-state index in [1.807, 2.05) is 35.2 Å². The van der Waals surface area contributed by atoms with Crippen LogP contribution < -0.4 is 14.5 Å². The summed E-state index contributed by atoms with van der Waals surface area (Å²) in [5.41, 5.74) is 3.14. The van der Waals surface area contributed by atoms with Crippen molar-refractivity contribution < 1.29 is 14.6 Å². The second-order valence-electron chi connectivity index (χ2n) is 10.6. The van der Waals surface area contributed by atoms with Crippen LogP contribution in [0.4, 0.5) is 11.5 Å². The van der Waals surface area contributed by atoms with Gasteiger partial charge in [-0.15, -0.1) is 0 Å². The van der Waals surface area contributed by atoms with Gasteiger partial charge in [0, 0.05) is 55.4 Å². The molecule has 0 bridgehead atoms. The van der Waals surface area contributed by atoms with E-state index in [0.717, 1.165) is 46.5 Å². The Morgan fingerprint density at radius 1 is 1.05 bits per heavy atom. The van der Waals surface area contributed by atoms with Gasteiger partial charge in [0.25, 0.3) is 0 Å². The van der Waals surface area contributed by atoms with Crippen molar-refractivity contribution in [1.82, 2.24) is 14.9 Å². The first-order valence-corrected chi connectivity index (χ1v) is 13.7. The van der Waals surface area contributed by atoms with E-state index in [0.29, 0.717) is 51.3 Å². The van der Waals surface area contributed by atoms with E-state index < -0.39 is 0 Å². The number of benzene rings is 2. The van der Waals surface area contributed by atoms with Crippen LogP contribution in [0.1, 0.15) is 36.9 Å². The zero-order chi connectivity index (χ0) is 26.1. The number of hydrogen-bond acceptors (Lipinski definition) is 7. The fourth-order valence-electron chi connectivity index (χ4n) is 6.09. The third-order valence-corrected chi connectivity index (χ3v) is 8.18. The second-order valence-corrected chi connectivity index (χ2v) is 10.6. The summed E-state index contributed by atoms with van der Waals surface area (Å²) in [6.45, 7) is 8.41. The molecule has 0 atom stereocenters. The van der Waals surface area contributed by atoms with E-state index in [2.05, 4.69) is 22.4 Å². The summed E-state index contributed by atoms with van der Waals surface area (Å²) in [5.74, 6) is 1.74. The highest BCUT2D eigenvalue weighted by atomic mass is 16.5. The lowest BCUT2D eigenvalue weighted by molar-refractivity contribution is -0.126. The second kappa shape index (κ2) is 10.5. The summed E-state index contributed by atoms with van der Waals surface area (Å²) < 4.78 is 6.21. The molecule has 8 nitrogen and oxygen atoms in total. The number of aromatic hydroxyl groups is 1. The zero-order valence-electron chi connectivity index (χ0n) is 21.8. The first-order chi connectivity index (χ1) is 18.6. The summed E-state index contributed by atoms with van der Waals surface area (Å²) in [5, 5.41) is 12.6. The maximum Gasteiger partial charge on any atom is 0.318 e. The van der Waals surface area contributed by atoms with Gasteiger partial charge in [-0.2, -0.15) is 9.97 Å². The molecule has 1 amide bonds. The van der Waals surface area contributed by atoms with Gasteiger partial charge in [0.2, 0.25) is 5.91 Å². The number of phenols is 1. The number of anilines is 2. The number of fused-ring (bicyclic) bond motifs is 2. The average molecular weight is 514 g/mol. The largest absolute Gasteiger partial charge is 0.508 e. The summed E-state index contributed by atoms with van der Waals surface area (Å²) in [6, 6.07) is 12.3. The number of ether oxygens (including phenoxy) is 1. The van der Waals surface area contributed by atoms with Gasteiger partial charge in [-0.3, -0.25) is 4.79 Å². The van der Waals surface area contributed by atoms with Crippen molar-refractivity contribution in [2.45, 2.75) is 38.6 Å². The molecule has 8 heteroatoms. The standard InChI is InChI=1S/C30H35N5O3/c1-2-28(37)33-13-15-34(16-14-33)29-25-11-12-35(27-18-23(36)17-22-9-5-6-10-24(22)27)19-26(25)31-30(32-29)38-20-21-7-3-4-8-21/h2,5-6,9-10,17-18,21,36H,1,3-4,7-8,11-16,19-20H2. The zero-order valence-corrected chi connectivity index (χ0v) is 21.8. The van der Waals surface area contributed by atoms with Gasteiger partial charge >= 0.3 is 6.01 Å². The summed E-state index contributed by atoms with van der Waals surface area (Å²) in [4.78, 5) is 28.4. The molecule has 1 saturated carbocycles. The number of aromatic nitrogens is 2. The molecule has 1 aliphatic carbocycles. The average Bonchev–Trinajstić information content (AvgIpc) is 3.48. The summed E-state index contributed by atoms with van der Waals surface area (Å²) >= 11 is 0. The monoisotopic (exact) mass is 513 g/mol. The topological polar surface area (TPSA) is 82.0 Å². The highest BCUT2D eigenvalue weighted by Crippen LogP contribution is 2.36. The predicted molar refractivity (Wildman–Crippen MR) is 149 cm³/mol. The third kappa shape index (κ3) is 4.87. The minimum Gasteiger partial charge on any atom is -0.508 e. The molecule has 1 aromatic heterocycles. The van der Waals surface area contributed by atoms with Crippen LogP contribution in [0, 0.1) is 5.92 Å². The summed E-state index contributed by atoms with van der Waals surface area (Å²) in [7, 11) is 0. The van der Waals surface area contributed by atoms with E-state index in [-0.39, 0.29) is 11.7 Å². The van der Waals surface area contributed by atoms with E-state index in [9.17, 15) is 9.90 Å². The van der Waals surface area contributed by atoms with Crippen LogP contribution in [-0.2, 0) is 17.8 Å². The Morgan fingerprint density at radius 3 is 2.63 bits per heavy atom. The van der Waals surface area contributed by atoms with E-state index in [4.69, 9.17) is 14.7 Å². The molecule has 1 N–H and O–H groups in total. The molecule has 3 aromatic rings. The number of phenolic OH excluding ortho intramolecular Hbond substituents is 1. The Bertz CT molecular complexity index is 1350. The van der Waals surface area contributed by atoms with Gasteiger partial charge in [-0.25, -0.2) is 0 Å². The molecule has 3 heterocycles. The third-order valence-electron chi connectivity index (χ3n) is 8.18. The van der Waals surface area contributed by atoms with Crippen LogP contribution in [-0.4, -0.2) is 65.2 Å². The molecular formula is C30H35N5O3. The highest BCUT2D eigenvalue weighted by molar-refractivity contribution is 5.95. The molecule has 1 saturated heterocycles. The Kier molecular flexibility index (Phi) is 6.79. The fourth-order valence-corrected chi connectivity index (χ4v) is 6.09. The number of carbonyl (C=O) groups excluding carboxylic acids is 1. The van der Waals surface area contributed by atoms with Gasteiger partial charge in [-0.05, 0) is 42.7 Å². The van der Waals surface area contributed by atoms with Crippen LogP contribution in [0.5, 0.6) is 11.8 Å². The lowest BCUT2D eigenvalue weighted by Gasteiger charge is -2.38. The number of carbonyl (C=O) groups is 1. The smallest absolute Gasteiger partial charge is 0.318 e. The van der Waals surface area contributed by atoms with Gasteiger partial charge in [0.15, 0.2) is 0 Å². The van der Waals surface area contributed by atoms with Crippen molar-refractivity contribution in [2.75, 3.05) is 49.1 Å². The first-order valence-electron chi connectivity index (χ1n) is 13.7. The van der Waals surface area contributed by atoms with Gasteiger partial charge in [-0.1, -0.05) is 43.7 Å². The Hall–Kier alpha value is -3.81. The van der Waals surface area contributed by atoms with Crippen molar-refractivity contribution in [3.63, 3.8) is 0 Å². The van der Waals surface area contributed by atoms with Gasteiger partial charge in [0.05, 0.1) is 18.8 Å². The van der Waals surface area contributed by atoms with Crippen LogP contribution in [0.15, 0.2) is 49.1 Å². The van der Waals surface area contributed by atoms with E-state index in [1.165, 1.54) is 31.8 Å². The quantitative estimate of drug-likeness (QED) is 0.492. The van der Waals surface area contributed by atoms with Gasteiger partial charge in [0.1, 0.15) is 11.6 Å². The lowest BCUT2D eigenvalue weighted by atomic mass is 10.0. The van der Waals surface area contributed by atoms with Crippen molar-refractivity contribution in [1.29, 1.82) is 0 Å². The molecular weight excluding hydrogens is 478 g/mol. The molecule has 0 unspecified atom stereocenters. The minimum absolute atomic E-state index is 0.0241.